The third kappa shape index (κ3) is 3.65. The first-order chi connectivity index (χ1) is 13.9. The van der Waals surface area contributed by atoms with Crippen LogP contribution >= 0.6 is 11.6 Å². The second-order valence-electron chi connectivity index (χ2n) is 6.26. The van der Waals surface area contributed by atoms with Crippen molar-refractivity contribution in [3.05, 3.63) is 86.9 Å². The quantitative estimate of drug-likeness (QED) is 0.213. The number of aromatic nitrogens is 3. The number of carbonyl (C=O) groups excluding carboxylic acids is 1. The van der Waals surface area contributed by atoms with E-state index in [9.17, 15) is 14.9 Å². The Balaban J connectivity index is 1.72. The van der Waals surface area contributed by atoms with Crippen molar-refractivity contribution in [1.29, 1.82) is 0 Å². The highest BCUT2D eigenvalue weighted by Crippen LogP contribution is 2.28. The van der Waals surface area contributed by atoms with E-state index in [1.54, 1.807) is 18.2 Å². The van der Waals surface area contributed by atoms with Gasteiger partial charge >= 0.3 is 5.97 Å². The Labute approximate surface area is 169 Å². The van der Waals surface area contributed by atoms with Crippen LogP contribution in [-0.2, 0) is 0 Å². The van der Waals surface area contributed by atoms with Gasteiger partial charge in [0, 0.05) is 6.07 Å². The van der Waals surface area contributed by atoms with E-state index >= 15 is 0 Å². The van der Waals surface area contributed by atoms with Crippen LogP contribution < -0.4 is 4.74 Å². The lowest BCUT2D eigenvalue weighted by Crippen LogP contribution is -2.12. The minimum absolute atomic E-state index is 0.00575. The van der Waals surface area contributed by atoms with E-state index in [1.165, 1.54) is 16.9 Å². The van der Waals surface area contributed by atoms with Gasteiger partial charge in [-0.25, -0.2) is 4.79 Å². The first-order valence-electron chi connectivity index (χ1n) is 8.51. The van der Waals surface area contributed by atoms with E-state index in [2.05, 4.69) is 10.2 Å². The predicted molar refractivity (Wildman–Crippen MR) is 107 cm³/mol. The number of benzene rings is 3. The van der Waals surface area contributed by atoms with Crippen LogP contribution in [0, 0.1) is 17.0 Å². The molecule has 4 rings (SSSR count). The summed E-state index contributed by atoms with van der Waals surface area (Å²) in [7, 11) is 0. The molecule has 0 aliphatic heterocycles. The fourth-order valence-electron chi connectivity index (χ4n) is 2.78. The van der Waals surface area contributed by atoms with Gasteiger partial charge in [0.25, 0.3) is 5.69 Å². The number of rotatable bonds is 4. The zero-order valence-electron chi connectivity index (χ0n) is 15.1. The SMILES string of the molecule is Cc1ccc(OC(=O)c2ccc(Cl)c([N+](=O)[O-])c2)c(-n2nc3ccccc3n2)c1. The van der Waals surface area contributed by atoms with Crippen molar-refractivity contribution in [3.8, 4) is 11.4 Å². The number of nitro benzene ring substituents is 1. The van der Waals surface area contributed by atoms with Gasteiger partial charge in [0.1, 0.15) is 21.7 Å². The average molecular weight is 409 g/mol. The summed E-state index contributed by atoms with van der Waals surface area (Å²) in [5.41, 5.74) is 2.41. The Kier molecular flexibility index (Phi) is 4.69. The number of carbonyl (C=O) groups is 1. The van der Waals surface area contributed by atoms with E-state index in [0.717, 1.165) is 11.6 Å². The molecule has 0 amide bonds. The van der Waals surface area contributed by atoms with Gasteiger partial charge in [0.2, 0.25) is 0 Å². The molecule has 0 fully saturated rings. The van der Waals surface area contributed by atoms with Gasteiger partial charge in [-0.1, -0.05) is 29.8 Å². The smallest absolute Gasteiger partial charge is 0.343 e. The van der Waals surface area contributed by atoms with Crippen molar-refractivity contribution >= 4 is 34.3 Å². The molecule has 9 heteroatoms. The van der Waals surface area contributed by atoms with Gasteiger partial charge in [-0.3, -0.25) is 10.1 Å². The lowest BCUT2D eigenvalue weighted by atomic mass is 10.2. The molecule has 0 atom stereocenters. The Morgan fingerprint density at radius 2 is 1.76 bits per heavy atom. The highest BCUT2D eigenvalue weighted by molar-refractivity contribution is 6.32. The first kappa shape index (κ1) is 18.6. The van der Waals surface area contributed by atoms with Crippen molar-refractivity contribution in [1.82, 2.24) is 15.0 Å². The van der Waals surface area contributed by atoms with Crippen LogP contribution in [0.1, 0.15) is 15.9 Å². The maximum atomic E-state index is 12.6. The van der Waals surface area contributed by atoms with Gasteiger partial charge in [-0.05, 0) is 48.9 Å². The molecule has 8 nitrogen and oxygen atoms in total. The molecule has 0 unspecified atom stereocenters. The molecule has 0 bridgehead atoms. The molecule has 1 aromatic heterocycles. The predicted octanol–water partition coefficient (Wildman–Crippen LogP) is 4.51. The monoisotopic (exact) mass is 408 g/mol. The minimum atomic E-state index is -0.758. The number of hydrogen-bond acceptors (Lipinski definition) is 6. The number of hydrogen-bond donors (Lipinski definition) is 0. The maximum absolute atomic E-state index is 12.6. The minimum Gasteiger partial charge on any atom is -0.421 e. The fraction of sp³-hybridized carbons (Fsp3) is 0.0500. The molecule has 3 aromatic carbocycles. The highest BCUT2D eigenvalue weighted by Gasteiger charge is 2.19. The third-order valence-corrected chi connectivity index (χ3v) is 4.52. The second-order valence-corrected chi connectivity index (χ2v) is 6.67. The molecule has 1 heterocycles. The molecule has 0 aliphatic carbocycles. The van der Waals surface area contributed by atoms with Crippen molar-refractivity contribution in [2.24, 2.45) is 0 Å². The molecule has 0 radical (unpaired) electrons. The summed E-state index contributed by atoms with van der Waals surface area (Å²) in [5, 5.41) is 19.8. The number of nitrogens with zero attached hydrogens (tertiary/aromatic N) is 4. The van der Waals surface area contributed by atoms with E-state index in [4.69, 9.17) is 16.3 Å². The first-order valence-corrected chi connectivity index (χ1v) is 8.89. The molecule has 0 aliphatic rings. The molecule has 144 valence electrons. The molecular formula is C20H13ClN4O4. The van der Waals surface area contributed by atoms with Crippen LogP contribution in [0.25, 0.3) is 16.7 Å². The molecule has 4 aromatic rings. The summed E-state index contributed by atoms with van der Waals surface area (Å²) in [6, 6.07) is 16.3. The number of aryl methyl sites for hydroxylation is 1. The molecule has 0 spiro atoms. The van der Waals surface area contributed by atoms with Crippen molar-refractivity contribution < 1.29 is 14.5 Å². The topological polar surface area (TPSA) is 100 Å². The number of nitro groups is 1. The Bertz CT molecular complexity index is 1240. The Morgan fingerprint density at radius 1 is 1.07 bits per heavy atom. The van der Waals surface area contributed by atoms with E-state index in [1.807, 2.05) is 31.2 Å². The van der Waals surface area contributed by atoms with Gasteiger partial charge in [-0.2, -0.15) is 0 Å². The van der Waals surface area contributed by atoms with Crippen LogP contribution in [0.4, 0.5) is 5.69 Å². The average Bonchev–Trinajstić information content (AvgIpc) is 3.13. The zero-order chi connectivity index (χ0) is 20.5. The number of ether oxygens (including phenoxy) is 1. The zero-order valence-corrected chi connectivity index (χ0v) is 15.8. The van der Waals surface area contributed by atoms with E-state index < -0.39 is 10.9 Å². The lowest BCUT2D eigenvalue weighted by Gasteiger charge is -2.10. The highest BCUT2D eigenvalue weighted by atomic mass is 35.5. The van der Waals surface area contributed by atoms with Crippen LogP contribution in [0.15, 0.2) is 60.7 Å². The number of fused-ring (bicyclic) bond motifs is 1. The number of esters is 1. The summed E-state index contributed by atoms with van der Waals surface area (Å²) in [4.78, 5) is 24.4. The second kappa shape index (κ2) is 7.33. The molecule has 0 saturated heterocycles. The fourth-order valence-corrected chi connectivity index (χ4v) is 2.96. The van der Waals surface area contributed by atoms with Crippen molar-refractivity contribution in [3.63, 3.8) is 0 Å². The molecule has 0 N–H and O–H groups in total. The van der Waals surface area contributed by atoms with Gasteiger partial charge < -0.3 is 4.74 Å². The largest absolute Gasteiger partial charge is 0.421 e. The van der Waals surface area contributed by atoms with Gasteiger partial charge in [-0.15, -0.1) is 15.0 Å². The summed E-state index contributed by atoms with van der Waals surface area (Å²) in [6.45, 7) is 1.89. The Hall–Kier alpha value is -3.78. The van der Waals surface area contributed by atoms with Crippen LogP contribution in [0.5, 0.6) is 5.75 Å². The third-order valence-electron chi connectivity index (χ3n) is 4.20. The van der Waals surface area contributed by atoms with Gasteiger partial charge in [0.15, 0.2) is 5.75 Å². The van der Waals surface area contributed by atoms with Gasteiger partial charge in [0.05, 0.1) is 10.5 Å². The van der Waals surface area contributed by atoms with Crippen molar-refractivity contribution in [2.75, 3.05) is 0 Å². The van der Waals surface area contributed by atoms with Crippen molar-refractivity contribution in [2.45, 2.75) is 6.92 Å². The summed E-state index contributed by atoms with van der Waals surface area (Å²) in [5.74, 6) is -0.537. The summed E-state index contributed by atoms with van der Waals surface area (Å²) in [6.07, 6.45) is 0. The standard InChI is InChI=1S/C20H13ClN4O4/c1-12-6-9-19(18(10-12)24-22-15-4-2-3-5-16(15)23-24)29-20(26)13-7-8-14(21)17(11-13)25(27)28/h2-11H,1H3. The molecule has 29 heavy (non-hydrogen) atoms. The molecule has 0 saturated carbocycles. The van der Waals surface area contributed by atoms with E-state index in [-0.39, 0.29) is 22.0 Å². The number of halogens is 1. The maximum Gasteiger partial charge on any atom is 0.343 e. The van der Waals surface area contributed by atoms with Crippen LogP contribution in [-0.4, -0.2) is 25.9 Å². The van der Waals surface area contributed by atoms with Crippen LogP contribution in [0.3, 0.4) is 0 Å². The van der Waals surface area contributed by atoms with E-state index in [0.29, 0.717) is 16.7 Å². The summed E-state index contributed by atoms with van der Waals surface area (Å²) >= 11 is 5.80. The lowest BCUT2D eigenvalue weighted by molar-refractivity contribution is -0.384. The normalized spacial score (nSPS) is 10.8. The Morgan fingerprint density at radius 3 is 2.41 bits per heavy atom. The van der Waals surface area contributed by atoms with Crippen LogP contribution in [0.2, 0.25) is 5.02 Å². The summed E-state index contributed by atoms with van der Waals surface area (Å²) < 4.78 is 5.51. The molecular weight excluding hydrogens is 396 g/mol.